The minimum absolute atomic E-state index is 0.414. The van der Waals surface area contributed by atoms with Crippen LogP contribution in [-0.4, -0.2) is 48.6 Å². The maximum Gasteiger partial charge on any atom is 0.0100 e. The highest BCUT2D eigenvalue weighted by Crippen LogP contribution is 2.49. The molecule has 2 rings (SSSR count). The maximum absolute atomic E-state index is 2.79. The van der Waals surface area contributed by atoms with E-state index < -0.39 is 0 Å². The van der Waals surface area contributed by atoms with Gasteiger partial charge in [-0.1, -0.05) is 61.8 Å². The Morgan fingerprint density at radius 2 is 1.59 bits per heavy atom. The fraction of sp³-hybridized carbons (Fsp3) is 1.00. The molecule has 2 aliphatic rings. The van der Waals surface area contributed by atoms with Crippen molar-refractivity contribution in [2.45, 2.75) is 106 Å². The van der Waals surface area contributed by atoms with Gasteiger partial charge >= 0.3 is 0 Å². The lowest BCUT2D eigenvalue weighted by Gasteiger charge is -2.52. The van der Waals surface area contributed by atoms with Gasteiger partial charge in [-0.25, -0.2) is 0 Å². The second-order valence-electron chi connectivity index (χ2n) is 11.4. The summed E-state index contributed by atoms with van der Waals surface area (Å²) in [7, 11) is 0. The molecule has 0 radical (unpaired) electrons. The summed E-state index contributed by atoms with van der Waals surface area (Å²) in [4.78, 5) is 5.44. The molecule has 2 heteroatoms. The van der Waals surface area contributed by atoms with Gasteiger partial charge in [0.15, 0.2) is 0 Å². The number of hydrogen-bond acceptors (Lipinski definition) is 2. The van der Waals surface area contributed by atoms with Crippen molar-refractivity contribution in [3.63, 3.8) is 0 Å². The zero-order valence-corrected chi connectivity index (χ0v) is 20.0. The molecule has 0 bridgehead atoms. The van der Waals surface area contributed by atoms with Gasteiger partial charge in [0.25, 0.3) is 0 Å². The lowest BCUT2D eigenvalue weighted by Crippen LogP contribution is -2.50. The largest absolute Gasteiger partial charge is 0.304 e. The molecule has 2 saturated heterocycles. The Morgan fingerprint density at radius 1 is 0.963 bits per heavy atom. The minimum atomic E-state index is 0.414. The van der Waals surface area contributed by atoms with Crippen LogP contribution in [0.15, 0.2) is 0 Å². The van der Waals surface area contributed by atoms with Gasteiger partial charge in [0.1, 0.15) is 0 Å². The summed E-state index contributed by atoms with van der Waals surface area (Å²) in [6.07, 6.45) is 9.87. The second kappa shape index (κ2) is 9.16. The average Bonchev–Trinajstić information content (AvgIpc) is 2.61. The third kappa shape index (κ3) is 5.30. The predicted octanol–water partition coefficient (Wildman–Crippen LogP) is 6.45. The molecule has 2 nitrogen and oxygen atoms in total. The summed E-state index contributed by atoms with van der Waals surface area (Å²) in [5.41, 5.74) is 1.51. The van der Waals surface area contributed by atoms with Crippen LogP contribution in [0.5, 0.6) is 0 Å². The fourth-order valence-corrected chi connectivity index (χ4v) is 5.83. The molecule has 0 aromatic carbocycles. The van der Waals surface area contributed by atoms with E-state index in [1.54, 1.807) is 0 Å². The summed E-state index contributed by atoms with van der Waals surface area (Å²) in [5, 5.41) is 0. The SMILES string of the molecule is CCN1CCC(CCCC2CC(C)(C(C)(C)C)CCN2CC)(C(C)C)CC1. The number of likely N-dealkylation sites (tertiary alicyclic amines) is 2. The molecule has 2 aliphatic heterocycles. The standard InChI is InChI=1S/C25H50N2/c1-9-26-17-15-25(16-18-26,21(3)4)13-11-12-22-20-24(8,23(5,6)7)14-19-27(22)10-2/h21-22H,9-20H2,1-8H3. The van der Waals surface area contributed by atoms with E-state index in [0.717, 1.165) is 12.0 Å². The zero-order chi connectivity index (χ0) is 20.3. The van der Waals surface area contributed by atoms with Crippen LogP contribution in [-0.2, 0) is 0 Å². The predicted molar refractivity (Wildman–Crippen MR) is 120 cm³/mol. The van der Waals surface area contributed by atoms with E-state index >= 15 is 0 Å². The molecular weight excluding hydrogens is 328 g/mol. The van der Waals surface area contributed by atoms with Crippen LogP contribution in [0.1, 0.15) is 100 Å². The van der Waals surface area contributed by atoms with E-state index in [9.17, 15) is 0 Å². The molecule has 2 fully saturated rings. The van der Waals surface area contributed by atoms with Crippen molar-refractivity contribution >= 4 is 0 Å². The molecule has 0 saturated carbocycles. The first-order valence-electron chi connectivity index (χ1n) is 12.0. The van der Waals surface area contributed by atoms with Crippen LogP contribution in [0.3, 0.4) is 0 Å². The Kier molecular flexibility index (Phi) is 7.87. The summed E-state index contributed by atoms with van der Waals surface area (Å²) in [6, 6.07) is 0.799. The molecule has 27 heavy (non-hydrogen) atoms. The normalized spacial score (nSPS) is 30.8. The maximum atomic E-state index is 2.79. The molecule has 2 unspecified atom stereocenters. The molecule has 160 valence electrons. The molecule has 0 aliphatic carbocycles. The van der Waals surface area contributed by atoms with Crippen molar-refractivity contribution in [3.8, 4) is 0 Å². The van der Waals surface area contributed by atoms with E-state index in [0.29, 0.717) is 16.2 Å². The van der Waals surface area contributed by atoms with Crippen molar-refractivity contribution in [1.82, 2.24) is 9.80 Å². The Hall–Kier alpha value is -0.0800. The number of piperidine rings is 2. The third-order valence-corrected chi connectivity index (χ3v) is 9.11. The van der Waals surface area contributed by atoms with E-state index in [2.05, 4.69) is 65.2 Å². The quantitative estimate of drug-likeness (QED) is 0.502. The first kappa shape index (κ1) is 23.2. The fourth-order valence-electron chi connectivity index (χ4n) is 5.83. The van der Waals surface area contributed by atoms with Crippen LogP contribution >= 0.6 is 0 Å². The molecule has 2 atom stereocenters. The molecule has 0 spiro atoms. The smallest absolute Gasteiger partial charge is 0.0100 e. The average molecular weight is 379 g/mol. The molecule has 2 heterocycles. The Bertz CT molecular complexity index is 442. The molecule has 0 N–H and O–H groups in total. The van der Waals surface area contributed by atoms with Crippen molar-refractivity contribution in [1.29, 1.82) is 0 Å². The third-order valence-electron chi connectivity index (χ3n) is 9.11. The van der Waals surface area contributed by atoms with Crippen LogP contribution < -0.4 is 0 Å². The van der Waals surface area contributed by atoms with E-state index in [1.165, 1.54) is 77.7 Å². The van der Waals surface area contributed by atoms with Crippen LogP contribution in [0.25, 0.3) is 0 Å². The molecular formula is C25H50N2. The first-order chi connectivity index (χ1) is 12.6. The van der Waals surface area contributed by atoms with Gasteiger partial charge in [0.2, 0.25) is 0 Å². The van der Waals surface area contributed by atoms with Gasteiger partial charge in [-0.2, -0.15) is 0 Å². The summed E-state index contributed by atoms with van der Waals surface area (Å²) in [5.74, 6) is 0.824. The first-order valence-corrected chi connectivity index (χ1v) is 12.0. The highest BCUT2D eigenvalue weighted by Gasteiger charge is 2.43. The lowest BCUT2D eigenvalue weighted by atomic mass is 9.60. The number of hydrogen-bond donors (Lipinski definition) is 0. The Morgan fingerprint density at radius 3 is 2.07 bits per heavy atom. The summed E-state index contributed by atoms with van der Waals surface area (Å²) >= 11 is 0. The lowest BCUT2D eigenvalue weighted by molar-refractivity contribution is -0.0162. The van der Waals surface area contributed by atoms with Gasteiger partial charge < -0.3 is 9.80 Å². The molecule has 0 aromatic rings. The number of rotatable bonds is 7. The van der Waals surface area contributed by atoms with Crippen molar-refractivity contribution in [3.05, 3.63) is 0 Å². The second-order valence-corrected chi connectivity index (χ2v) is 11.4. The summed E-state index contributed by atoms with van der Waals surface area (Å²) in [6.45, 7) is 26.0. The topological polar surface area (TPSA) is 6.48 Å². The molecule has 0 amide bonds. The van der Waals surface area contributed by atoms with E-state index in [4.69, 9.17) is 0 Å². The Balaban J connectivity index is 1.96. The van der Waals surface area contributed by atoms with Crippen LogP contribution in [0.2, 0.25) is 0 Å². The Labute approximate surface area is 171 Å². The van der Waals surface area contributed by atoms with Gasteiger partial charge in [-0.05, 0) is 93.4 Å². The highest BCUT2D eigenvalue weighted by molar-refractivity contribution is 4.96. The van der Waals surface area contributed by atoms with Gasteiger partial charge in [-0.15, -0.1) is 0 Å². The molecule has 0 aromatic heterocycles. The van der Waals surface area contributed by atoms with E-state index in [-0.39, 0.29) is 0 Å². The summed E-state index contributed by atoms with van der Waals surface area (Å²) < 4.78 is 0. The van der Waals surface area contributed by atoms with Crippen molar-refractivity contribution in [2.24, 2.45) is 22.2 Å². The van der Waals surface area contributed by atoms with Crippen molar-refractivity contribution in [2.75, 3.05) is 32.7 Å². The minimum Gasteiger partial charge on any atom is -0.304 e. The van der Waals surface area contributed by atoms with Crippen LogP contribution in [0, 0.1) is 22.2 Å². The van der Waals surface area contributed by atoms with Gasteiger partial charge in [0, 0.05) is 6.04 Å². The van der Waals surface area contributed by atoms with Crippen molar-refractivity contribution < 1.29 is 0 Å². The van der Waals surface area contributed by atoms with E-state index in [1.807, 2.05) is 0 Å². The monoisotopic (exact) mass is 378 g/mol. The highest BCUT2D eigenvalue weighted by atomic mass is 15.2. The number of nitrogens with zero attached hydrogens (tertiary/aromatic N) is 2. The zero-order valence-electron chi connectivity index (χ0n) is 20.0. The van der Waals surface area contributed by atoms with Gasteiger partial charge in [-0.3, -0.25) is 0 Å². The van der Waals surface area contributed by atoms with Crippen LogP contribution in [0.4, 0.5) is 0 Å². The van der Waals surface area contributed by atoms with Gasteiger partial charge in [0.05, 0.1) is 0 Å².